The number of hydrogen-bond acceptors (Lipinski definition) is 5. The van der Waals surface area contributed by atoms with Crippen molar-refractivity contribution in [2.75, 3.05) is 38.0 Å². The summed E-state index contributed by atoms with van der Waals surface area (Å²) in [5.41, 5.74) is 1.83. The van der Waals surface area contributed by atoms with Gasteiger partial charge in [0.15, 0.2) is 0 Å². The molecule has 0 radical (unpaired) electrons. The first-order chi connectivity index (χ1) is 13.8. The van der Waals surface area contributed by atoms with Crippen LogP contribution in [0.5, 0.6) is 0 Å². The first-order valence-electron chi connectivity index (χ1n) is 9.42. The number of carbonyl (C=O) groups excluding carboxylic acids is 1. The number of rotatable bonds is 11. The van der Waals surface area contributed by atoms with E-state index in [0.29, 0.717) is 17.9 Å². The Morgan fingerprint density at radius 1 is 1.07 bits per heavy atom. The van der Waals surface area contributed by atoms with Crippen LogP contribution in [0, 0.1) is 0 Å². The molecule has 1 unspecified atom stereocenters. The average Bonchev–Trinajstić information content (AvgIpc) is 2.71. The van der Waals surface area contributed by atoms with Crippen LogP contribution in [0.3, 0.4) is 0 Å². The summed E-state index contributed by atoms with van der Waals surface area (Å²) in [7, 11) is 0.281. The van der Waals surface area contributed by atoms with Crippen molar-refractivity contribution in [3.8, 4) is 0 Å². The topological polar surface area (TPSA) is 78.5 Å². The molecular formula is C21H29N3O3S2. The van der Waals surface area contributed by atoms with Gasteiger partial charge in [0.05, 0.1) is 4.90 Å². The standard InChI is InChI=1S/C21H29N3O3S2/c1-24(2)15-13-17-9-11-18(12-10-17)22-21(25)20(14-16-28-3)23-29(26,27)19-7-5-4-6-8-19/h4-12,20,23H,13-16H2,1-3H3,(H,22,25). The monoisotopic (exact) mass is 435 g/mol. The molecule has 0 saturated carbocycles. The fourth-order valence-corrected chi connectivity index (χ4v) is 4.39. The van der Waals surface area contributed by atoms with Crippen molar-refractivity contribution in [1.82, 2.24) is 9.62 Å². The largest absolute Gasteiger partial charge is 0.325 e. The van der Waals surface area contributed by atoms with E-state index in [4.69, 9.17) is 0 Å². The molecule has 2 aromatic rings. The van der Waals surface area contributed by atoms with Crippen LogP contribution in [0.15, 0.2) is 59.5 Å². The van der Waals surface area contributed by atoms with Gasteiger partial charge < -0.3 is 10.2 Å². The van der Waals surface area contributed by atoms with Crippen LogP contribution >= 0.6 is 11.8 Å². The Balaban J connectivity index is 2.06. The van der Waals surface area contributed by atoms with E-state index < -0.39 is 16.1 Å². The number of amides is 1. The molecule has 0 aromatic heterocycles. The predicted octanol–water partition coefficient (Wildman–Crippen LogP) is 2.83. The van der Waals surface area contributed by atoms with E-state index in [9.17, 15) is 13.2 Å². The van der Waals surface area contributed by atoms with Crippen molar-refractivity contribution >= 4 is 33.4 Å². The van der Waals surface area contributed by atoms with E-state index in [1.807, 2.05) is 44.6 Å². The van der Waals surface area contributed by atoms with Crippen LogP contribution in [0.25, 0.3) is 0 Å². The maximum atomic E-state index is 12.8. The zero-order chi connectivity index (χ0) is 21.3. The number of nitrogens with zero attached hydrogens (tertiary/aromatic N) is 1. The Bertz CT molecular complexity index is 870. The predicted molar refractivity (Wildman–Crippen MR) is 121 cm³/mol. The van der Waals surface area contributed by atoms with Crippen LogP contribution in [0.4, 0.5) is 5.69 Å². The molecule has 1 atom stereocenters. The van der Waals surface area contributed by atoms with Crippen LogP contribution in [0.2, 0.25) is 0 Å². The molecule has 2 aromatic carbocycles. The molecule has 6 nitrogen and oxygen atoms in total. The highest BCUT2D eigenvalue weighted by molar-refractivity contribution is 7.98. The highest BCUT2D eigenvalue weighted by Gasteiger charge is 2.25. The van der Waals surface area contributed by atoms with E-state index >= 15 is 0 Å². The van der Waals surface area contributed by atoms with Crippen molar-refractivity contribution in [1.29, 1.82) is 0 Å². The van der Waals surface area contributed by atoms with Gasteiger partial charge in [-0.15, -0.1) is 0 Å². The fraction of sp³-hybridized carbons (Fsp3) is 0.381. The van der Waals surface area contributed by atoms with Gasteiger partial charge in [-0.1, -0.05) is 30.3 Å². The van der Waals surface area contributed by atoms with Crippen molar-refractivity contribution in [2.24, 2.45) is 0 Å². The molecule has 0 saturated heterocycles. The summed E-state index contributed by atoms with van der Waals surface area (Å²) in [6.45, 7) is 0.948. The van der Waals surface area contributed by atoms with Gasteiger partial charge in [-0.25, -0.2) is 8.42 Å². The molecule has 158 valence electrons. The summed E-state index contributed by atoms with van der Waals surface area (Å²) in [5, 5.41) is 2.83. The minimum atomic E-state index is -3.77. The normalized spacial score (nSPS) is 12.7. The second-order valence-electron chi connectivity index (χ2n) is 7.01. The average molecular weight is 436 g/mol. The first-order valence-corrected chi connectivity index (χ1v) is 12.3. The summed E-state index contributed by atoms with van der Waals surface area (Å²) in [6.07, 6.45) is 3.25. The quantitative estimate of drug-likeness (QED) is 0.567. The molecule has 0 heterocycles. The molecule has 0 aliphatic rings. The van der Waals surface area contributed by atoms with Gasteiger partial charge >= 0.3 is 0 Å². The van der Waals surface area contributed by atoms with Crippen LogP contribution < -0.4 is 10.0 Å². The molecular weight excluding hydrogens is 406 g/mol. The van der Waals surface area contributed by atoms with E-state index in [0.717, 1.165) is 13.0 Å². The van der Waals surface area contributed by atoms with E-state index in [1.165, 1.54) is 17.7 Å². The Morgan fingerprint density at radius 3 is 2.31 bits per heavy atom. The number of sulfonamides is 1. The van der Waals surface area contributed by atoms with Gasteiger partial charge in [-0.2, -0.15) is 16.5 Å². The minimum absolute atomic E-state index is 0.146. The third-order valence-electron chi connectivity index (χ3n) is 4.35. The van der Waals surface area contributed by atoms with Crippen molar-refractivity contribution < 1.29 is 13.2 Å². The Morgan fingerprint density at radius 2 is 1.72 bits per heavy atom. The molecule has 0 spiro atoms. The summed E-state index contributed by atoms with van der Waals surface area (Å²) >= 11 is 1.57. The van der Waals surface area contributed by atoms with Gasteiger partial charge in [0.25, 0.3) is 0 Å². The zero-order valence-corrected chi connectivity index (χ0v) is 18.7. The SMILES string of the molecule is CSCCC(NS(=O)(=O)c1ccccc1)C(=O)Nc1ccc(CCN(C)C)cc1. The summed E-state index contributed by atoms with van der Waals surface area (Å²) in [5.74, 6) is 0.304. The van der Waals surface area contributed by atoms with Crippen molar-refractivity contribution in [2.45, 2.75) is 23.8 Å². The minimum Gasteiger partial charge on any atom is -0.325 e. The Kier molecular flexibility index (Phi) is 9.16. The van der Waals surface area contributed by atoms with Crippen LogP contribution in [-0.2, 0) is 21.2 Å². The highest BCUT2D eigenvalue weighted by Crippen LogP contribution is 2.14. The van der Waals surface area contributed by atoms with E-state index in [2.05, 4.69) is 14.9 Å². The Labute approximate surface area is 178 Å². The lowest BCUT2D eigenvalue weighted by Gasteiger charge is -2.18. The number of anilines is 1. The first kappa shape index (κ1) is 23.4. The van der Waals surface area contributed by atoms with Gasteiger partial charge in [0, 0.05) is 12.2 Å². The Hall–Kier alpha value is -1.87. The number of hydrogen-bond donors (Lipinski definition) is 2. The molecule has 8 heteroatoms. The van der Waals surface area contributed by atoms with E-state index in [-0.39, 0.29) is 10.8 Å². The van der Waals surface area contributed by atoms with Gasteiger partial charge in [0.1, 0.15) is 6.04 Å². The molecule has 0 fully saturated rings. The second kappa shape index (κ2) is 11.3. The maximum Gasteiger partial charge on any atom is 0.242 e. The number of benzene rings is 2. The molecule has 1 amide bonds. The summed E-state index contributed by atoms with van der Waals surface area (Å²) in [6, 6.07) is 14.9. The fourth-order valence-electron chi connectivity index (χ4n) is 2.67. The highest BCUT2D eigenvalue weighted by atomic mass is 32.2. The van der Waals surface area contributed by atoms with Gasteiger partial charge in [-0.05, 0) is 68.8 Å². The van der Waals surface area contributed by atoms with Crippen LogP contribution in [-0.4, -0.2) is 57.9 Å². The number of thioether (sulfide) groups is 1. The smallest absolute Gasteiger partial charge is 0.242 e. The van der Waals surface area contributed by atoms with Gasteiger partial charge in [-0.3, -0.25) is 4.79 Å². The summed E-state index contributed by atoms with van der Waals surface area (Å²) < 4.78 is 27.8. The molecule has 0 aliphatic heterocycles. The lowest BCUT2D eigenvalue weighted by atomic mass is 10.1. The number of carbonyl (C=O) groups is 1. The second-order valence-corrected chi connectivity index (χ2v) is 9.71. The molecule has 2 N–H and O–H groups in total. The maximum absolute atomic E-state index is 12.8. The molecule has 0 aliphatic carbocycles. The van der Waals surface area contributed by atoms with Crippen molar-refractivity contribution in [3.63, 3.8) is 0 Å². The third-order valence-corrected chi connectivity index (χ3v) is 6.48. The lowest BCUT2D eigenvalue weighted by molar-refractivity contribution is -0.117. The molecule has 2 rings (SSSR count). The molecule has 29 heavy (non-hydrogen) atoms. The van der Waals surface area contributed by atoms with Crippen molar-refractivity contribution in [3.05, 3.63) is 60.2 Å². The zero-order valence-electron chi connectivity index (χ0n) is 17.1. The number of nitrogens with one attached hydrogen (secondary N) is 2. The lowest BCUT2D eigenvalue weighted by Crippen LogP contribution is -2.44. The molecule has 0 bridgehead atoms. The van der Waals surface area contributed by atoms with E-state index in [1.54, 1.807) is 30.0 Å². The summed E-state index contributed by atoms with van der Waals surface area (Å²) in [4.78, 5) is 15.0. The third kappa shape index (κ3) is 7.81. The van der Waals surface area contributed by atoms with Crippen LogP contribution in [0.1, 0.15) is 12.0 Å². The number of likely N-dealkylation sites (N-methyl/N-ethyl adjacent to an activating group) is 1. The van der Waals surface area contributed by atoms with Gasteiger partial charge in [0.2, 0.25) is 15.9 Å².